The van der Waals surface area contributed by atoms with Gasteiger partial charge >= 0.3 is 12.4 Å². The lowest BCUT2D eigenvalue weighted by molar-refractivity contribution is -0.193. The maximum absolute atomic E-state index is 14.0. The van der Waals surface area contributed by atoms with Gasteiger partial charge in [0.1, 0.15) is 12.0 Å². The van der Waals surface area contributed by atoms with Crippen molar-refractivity contribution in [2.24, 2.45) is 0 Å². The van der Waals surface area contributed by atoms with Crippen LogP contribution in [0.3, 0.4) is 0 Å². The standard InChI is InChI=1S/C17H16F3N2O7PS/c18-10-6-22(16(25)21-14(10)24)13-5-12(23)17(28-13,15(19)20)8-27-30(31)26-7-9-3-1-2-4-11(9)29-30/h1-4,6,12-13,15,23H,5,7-8H2,(H,21,24,25)/t12-,13+,17+,30?/m0/s1. The predicted octanol–water partition coefficient (Wildman–Crippen LogP) is 1.81. The third-order valence-corrected chi connectivity index (χ3v) is 7.12. The van der Waals surface area contributed by atoms with Gasteiger partial charge in [0, 0.05) is 23.8 Å². The zero-order valence-electron chi connectivity index (χ0n) is 15.6. The number of benzene rings is 1. The minimum Gasteiger partial charge on any atom is -0.424 e. The zero-order valence-corrected chi connectivity index (χ0v) is 17.3. The number of hydrogen-bond acceptors (Lipinski definition) is 8. The molecule has 0 aliphatic carbocycles. The highest BCUT2D eigenvalue weighted by molar-refractivity contribution is 8.07. The number of aliphatic hydroxyl groups excluding tert-OH is 1. The van der Waals surface area contributed by atoms with E-state index in [9.17, 15) is 27.9 Å². The summed E-state index contributed by atoms with van der Waals surface area (Å²) in [6.45, 7) is -4.36. The Labute approximate surface area is 177 Å². The summed E-state index contributed by atoms with van der Waals surface area (Å²) in [5.74, 6) is -0.925. The lowest BCUT2D eigenvalue weighted by Gasteiger charge is -2.34. The predicted molar refractivity (Wildman–Crippen MR) is 103 cm³/mol. The number of aliphatic hydroxyl groups is 1. The number of ether oxygens (including phenoxy) is 1. The molecule has 0 amide bonds. The molecule has 2 aliphatic rings. The monoisotopic (exact) mass is 480 g/mol. The third kappa shape index (κ3) is 4.09. The van der Waals surface area contributed by atoms with E-state index in [1.165, 1.54) is 0 Å². The van der Waals surface area contributed by atoms with Gasteiger partial charge in [0.15, 0.2) is 5.60 Å². The maximum atomic E-state index is 14.0. The molecule has 2 N–H and O–H groups in total. The van der Waals surface area contributed by atoms with E-state index in [2.05, 4.69) is 0 Å². The lowest BCUT2D eigenvalue weighted by Crippen LogP contribution is -2.50. The molecular formula is C17H16F3N2O7PS. The normalized spacial score (nSPS) is 30.2. The summed E-state index contributed by atoms with van der Waals surface area (Å²) in [7, 11) is 0. The Morgan fingerprint density at radius 3 is 2.87 bits per heavy atom. The van der Waals surface area contributed by atoms with Gasteiger partial charge in [-0.25, -0.2) is 13.6 Å². The van der Waals surface area contributed by atoms with E-state index in [4.69, 9.17) is 30.1 Å². The first-order chi connectivity index (χ1) is 14.6. The molecular weight excluding hydrogens is 464 g/mol. The van der Waals surface area contributed by atoms with Crippen LogP contribution < -0.4 is 15.8 Å². The summed E-state index contributed by atoms with van der Waals surface area (Å²) < 4.78 is 63.9. The number of aromatic nitrogens is 2. The summed E-state index contributed by atoms with van der Waals surface area (Å²) in [6.07, 6.45) is -6.54. The Balaban J connectivity index is 1.56. The van der Waals surface area contributed by atoms with Crippen LogP contribution in [0.5, 0.6) is 5.75 Å². The third-order valence-electron chi connectivity index (χ3n) is 4.96. The molecule has 9 nitrogen and oxygen atoms in total. The van der Waals surface area contributed by atoms with Crippen LogP contribution in [0.1, 0.15) is 18.2 Å². The smallest absolute Gasteiger partial charge is 0.381 e. The Bertz CT molecular complexity index is 1160. The van der Waals surface area contributed by atoms with Crippen LogP contribution in [0.25, 0.3) is 0 Å². The first-order valence-electron chi connectivity index (χ1n) is 8.95. The zero-order chi connectivity index (χ0) is 22.4. The van der Waals surface area contributed by atoms with Crippen molar-refractivity contribution in [3.63, 3.8) is 0 Å². The molecule has 4 atom stereocenters. The second-order valence-corrected chi connectivity index (χ2v) is 9.85. The molecule has 1 unspecified atom stereocenters. The van der Waals surface area contributed by atoms with Gasteiger partial charge in [-0.1, -0.05) is 18.2 Å². The van der Waals surface area contributed by atoms with Crippen molar-refractivity contribution in [2.75, 3.05) is 6.61 Å². The van der Waals surface area contributed by atoms with Gasteiger partial charge in [-0.15, -0.1) is 0 Å². The Hall–Kier alpha value is -2.02. The number of rotatable bonds is 5. The number of fused-ring (bicyclic) bond motifs is 1. The summed E-state index contributed by atoms with van der Waals surface area (Å²) in [5, 5.41) is 10.4. The molecule has 3 heterocycles. The average Bonchev–Trinajstić information content (AvgIpc) is 3.06. The summed E-state index contributed by atoms with van der Waals surface area (Å²) >= 11 is 5.23. The van der Waals surface area contributed by atoms with E-state index >= 15 is 0 Å². The van der Waals surface area contributed by atoms with Gasteiger partial charge < -0.3 is 14.4 Å². The summed E-state index contributed by atoms with van der Waals surface area (Å²) in [6, 6.07) is 6.82. The molecule has 1 aromatic heterocycles. The van der Waals surface area contributed by atoms with E-state index in [1.807, 2.05) is 0 Å². The quantitative estimate of drug-likeness (QED) is 0.624. The van der Waals surface area contributed by atoms with Gasteiger partial charge in [-0.2, -0.15) is 4.39 Å². The first-order valence-corrected chi connectivity index (χ1v) is 11.5. The van der Waals surface area contributed by atoms with Crippen LogP contribution in [-0.4, -0.2) is 39.4 Å². The van der Waals surface area contributed by atoms with E-state index in [-0.39, 0.29) is 6.61 Å². The van der Waals surface area contributed by atoms with Crippen molar-refractivity contribution in [3.8, 4) is 5.75 Å². The largest absolute Gasteiger partial charge is 0.424 e. The van der Waals surface area contributed by atoms with Crippen molar-refractivity contribution >= 4 is 18.5 Å². The van der Waals surface area contributed by atoms with E-state index < -0.39 is 61.2 Å². The highest BCUT2D eigenvalue weighted by Gasteiger charge is 2.57. The number of halogens is 3. The van der Waals surface area contributed by atoms with Crippen LogP contribution in [0.2, 0.25) is 0 Å². The van der Waals surface area contributed by atoms with Gasteiger partial charge in [0.2, 0.25) is 5.82 Å². The van der Waals surface area contributed by atoms with Crippen molar-refractivity contribution < 1.29 is 36.6 Å². The fourth-order valence-corrected chi connectivity index (χ4v) is 5.07. The number of aromatic amines is 1. The van der Waals surface area contributed by atoms with Gasteiger partial charge in [0.25, 0.3) is 12.0 Å². The Morgan fingerprint density at radius 1 is 1.39 bits per heavy atom. The molecule has 14 heteroatoms. The SMILES string of the molecule is O=c1[nH]c(=O)n([C@H]2C[C@H](O)[C@](COP3(=S)OCc4ccccc4O3)(C(F)F)O2)cc1F. The molecule has 1 fully saturated rings. The fraction of sp³-hybridized carbons (Fsp3) is 0.412. The fourth-order valence-electron chi connectivity index (χ4n) is 3.26. The summed E-state index contributed by atoms with van der Waals surface area (Å²) in [5.41, 5.74) is -4.25. The molecule has 2 aromatic rings. The van der Waals surface area contributed by atoms with Crippen LogP contribution in [0.4, 0.5) is 13.2 Å². The minimum absolute atomic E-state index is 0.0488. The molecule has 168 valence electrons. The van der Waals surface area contributed by atoms with Crippen LogP contribution in [0.15, 0.2) is 40.1 Å². The van der Waals surface area contributed by atoms with Crippen LogP contribution in [0, 0.1) is 5.82 Å². The number of para-hydroxylation sites is 1. The minimum atomic E-state index is -3.49. The molecule has 2 aliphatic heterocycles. The maximum Gasteiger partial charge on any atom is 0.381 e. The number of H-pyrrole nitrogens is 1. The molecule has 0 saturated carbocycles. The van der Waals surface area contributed by atoms with E-state index in [0.29, 0.717) is 22.1 Å². The van der Waals surface area contributed by atoms with E-state index in [1.54, 1.807) is 29.2 Å². The highest BCUT2D eigenvalue weighted by Crippen LogP contribution is 2.56. The molecule has 31 heavy (non-hydrogen) atoms. The van der Waals surface area contributed by atoms with Gasteiger partial charge in [0.05, 0.1) is 25.5 Å². The van der Waals surface area contributed by atoms with Crippen molar-refractivity contribution in [1.82, 2.24) is 9.55 Å². The van der Waals surface area contributed by atoms with Crippen LogP contribution >= 0.6 is 6.72 Å². The van der Waals surface area contributed by atoms with E-state index in [0.717, 1.165) is 0 Å². The van der Waals surface area contributed by atoms with Gasteiger partial charge in [-0.3, -0.25) is 23.4 Å². The molecule has 0 bridgehead atoms. The molecule has 1 saturated heterocycles. The second kappa shape index (κ2) is 8.15. The van der Waals surface area contributed by atoms with Crippen molar-refractivity contribution in [1.29, 1.82) is 0 Å². The molecule has 0 radical (unpaired) electrons. The molecule has 1 aromatic carbocycles. The Morgan fingerprint density at radius 2 is 2.13 bits per heavy atom. The van der Waals surface area contributed by atoms with Crippen molar-refractivity contribution in [2.45, 2.75) is 37.4 Å². The molecule has 0 spiro atoms. The lowest BCUT2D eigenvalue weighted by atomic mass is 9.98. The topological polar surface area (TPSA) is 112 Å². The highest BCUT2D eigenvalue weighted by atomic mass is 32.5. The number of nitrogens with zero attached hydrogens (tertiary/aromatic N) is 1. The second-order valence-electron chi connectivity index (χ2n) is 6.92. The summed E-state index contributed by atoms with van der Waals surface area (Å²) in [4.78, 5) is 24.8. The first kappa shape index (κ1) is 22.2. The number of alkyl halides is 2. The molecule has 4 rings (SSSR count). The van der Waals surface area contributed by atoms with Gasteiger partial charge in [-0.05, 0) is 6.07 Å². The Kier molecular flexibility index (Phi) is 5.83. The number of hydrogen-bond donors (Lipinski definition) is 2. The number of nitrogens with one attached hydrogen (secondary N) is 1. The average molecular weight is 480 g/mol. The van der Waals surface area contributed by atoms with Crippen molar-refractivity contribution in [3.05, 3.63) is 62.7 Å². The van der Waals surface area contributed by atoms with Crippen LogP contribution in [-0.2, 0) is 32.2 Å².